The summed E-state index contributed by atoms with van der Waals surface area (Å²) in [6.45, 7) is 3.94. The number of piperidine rings is 1. The summed E-state index contributed by atoms with van der Waals surface area (Å²) in [7, 11) is 0. The second-order valence-corrected chi connectivity index (χ2v) is 10.4. The van der Waals surface area contributed by atoms with E-state index in [0.717, 1.165) is 43.9 Å². The minimum atomic E-state index is -0.264. The lowest BCUT2D eigenvalue weighted by Gasteiger charge is -2.31. The zero-order valence-electron chi connectivity index (χ0n) is 17.6. The molecule has 0 bridgehead atoms. The number of amides is 1. The second-order valence-electron chi connectivity index (χ2n) is 7.95. The van der Waals surface area contributed by atoms with E-state index in [1.54, 1.807) is 23.2 Å². The van der Waals surface area contributed by atoms with Crippen molar-refractivity contribution in [2.75, 3.05) is 26.5 Å². The molecule has 0 aliphatic carbocycles. The first-order chi connectivity index (χ1) is 15.5. The number of fused-ring (bicyclic) bond motifs is 2. The quantitative estimate of drug-likeness (QED) is 0.459. The van der Waals surface area contributed by atoms with Crippen molar-refractivity contribution in [2.24, 2.45) is 5.92 Å². The molecule has 0 spiro atoms. The second kappa shape index (κ2) is 8.78. The molecule has 1 unspecified atom stereocenters. The third kappa shape index (κ3) is 3.99. The van der Waals surface area contributed by atoms with Crippen LogP contribution in [0.25, 0.3) is 10.2 Å². The minimum Gasteiger partial charge on any atom is -0.466 e. The summed E-state index contributed by atoms with van der Waals surface area (Å²) in [5.41, 5.74) is 2.65. The predicted molar refractivity (Wildman–Crippen MR) is 124 cm³/mol. The molecule has 0 radical (unpaired) electrons. The lowest BCUT2D eigenvalue weighted by atomic mass is 9.98. The van der Waals surface area contributed by atoms with Crippen molar-refractivity contribution in [1.82, 2.24) is 9.47 Å². The van der Waals surface area contributed by atoms with E-state index in [9.17, 15) is 9.59 Å². The molecule has 2 aliphatic rings. The molecular formula is C23H23BrN2O5S. The van der Waals surface area contributed by atoms with E-state index >= 15 is 0 Å². The number of thiophene rings is 1. The first kappa shape index (κ1) is 21.3. The average molecular weight is 519 g/mol. The molecule has 1 saturated heterocycles. The van der Waals surface area contributed by atoms with Crippen LogP contribution in [0.2, 0.25) is 0 Å². The van der Waals surface area contributed by atoms with Crippen LogP contribution in [0.3, 0.4) is 0 Å². The van der Waals surface area contributed by atoms with Crippen molar-refractivity contribution in [3.05, 3.63) is 45.4 Å². The van der Waals surface area contributed by atoms with Gasteiger partial charge in [0.25, 0.3) is 5.91 Å². The van der Waals surface area contributed by atoms with Gasteiger partial charge >= 0.3 is 5.97 Å². The molecule has 0 saturated carbocycles. The molecule has 3 aromatic rings. The molecule has 4 heterocycles. The number of benzene rings is 1. The van der Waals surface area contributed by atoms with Crippen LogP contribution in [0.5, 0.6) is 11.5 Å². The summed E-state index contributed by atoms with van der Waals surface area (Å²) in [6, 6.07) is 9.85. The van der Waals surface area contributed by atoms with E-state index in [-0.39, 0.29) is 24.6 Å². The van der Waals surface area contributed by atoms with Gasteiger partial charge in [-0.1, -0.05) is 6.07 Å². The molecule has 1 fully saturated rings. The Bertz CT molecular complexity index is 1190. The Balaban J connectivity index is 1.45. The number of aromatic nitrogens is 1. The number of likely N-dealkylation sites (tertiary alicyclic amines) is 1. The van der Waals surface area contributed by atoms with Gasteiger partial charge in [-0.2, -0.15) is 0 Å². The molecule has 0 N–H and O–H groups in total. The topological polar surface area (TPSA) is 70.0 Å². The molecule has 1 atom stereocenters. The lowest BCUT2D eigenvalue weighted by Crippen LogP contribution is -2.43. The standard InChI is InChI=1S/C23H23BrN2O5S/c1-2-29-23(28)15-4-3-7-25(12-15)22(27)17-9-20-16(10-21(24)32-20)26(17)11-14-5-6-18-19(8-14)31-13-30-18/h5-6,8-10,15H,2-4,7,11-13H2,1H3. The van der Waals surface area contributed by atoms with Crippen LogP contribution in [0.15, 0.2) is 34.1 Å². The maximum Gasteiger partial charge on any atom is 0.310 e. The van der Waals surface area contributed by atoms with E-state index in [0.29, 0.717) is 31.9 Å². The summed E-state index contributed by atoms with van der Waals surface area (Å²) >= 11 is 5.16. The van der Waals surface area contributed by atoms with Gasteiger partial charge in [-0.05, 0) is 65.5 Å². The number of hydrogen-bond acceptors (Lipinski definition) is 6. The third-order valence-electron chi connectivity index (χ3n) is 5.88. The predicted octanol–water partition coefficient (Wildman–Crippen LogP) is 4.66. The van der Waals surface area contributed by atoms with Gasteiger partial charge in [-0.15, -0.1) is 11.3 Å². The van der Waals surface area contributed by atoms with E-state index in [1.807, 2.05) is 34.9 Å². The van der Waals surface area contributed by atoms with Crippen LogP contribution in [-0.4, -0.2) is 47.8 Å². The summed E-state index contributed by atoms with van der Waals surface area (Å²) in [6.07, 6.45) is 1.54. The van der Waals surface area contributed by atoms with Gasteiger partial charge in [-0.25, -0.2) is 0 Å². The van der Waals surface area contributed by atoms with E-state index < -0.39 is 0 Å². The van der Waals surface area contributed by atoms with Crippen LogP contribution in [-0.2, 0) is 16.1 Å². The Hall–Kier alpha value is -2.52. The van der Waals surface area contributed by atoms with Crippen molar-refractivity contribution in [3.63, 3.8) is 0 Å². The summed E-state index contributed by atoms with van der Waals surface area (Å²) < 4.78 is 20.2. The van der Waals surface area contributed by atoms with Gasteiger partial charge in [0.05, 0.1) is 26.5 Å². The van der Waals surface area contributed by atoms with Crippen LogP contribution < -0.4 is 9.47 Å². The van der Waals surface area contributed by atoms with E-state index in [1.165, 1.54) is 0 Å². The van der Waals surface area contributed by atoms with Gasteiger partial charge in [0.2, 0.25) is 6.79 Å². The summed E-state index contributed by atoms with van der Waals surface area (Å²) in [5.74, 6) is 0.919. The number of hydrogen-bond donors (Lipinski definition) is 0. The fourth-order valence-corrected chi connectivity index (χ4v) is 5.92. The Morgan fingerprint density at radius 1 is 1.22 bits per heavy atom. The van der Waals surface area contributed by atoms with Crippen LogP contribution in [0, 0.1) is 5.92 Å². The van der Waals surface area contributed by atoms with Crippen molar-refractivity contribution in [1.29, 1.82) is 0 Å². The highest BCUT2D eigenvalue weighted by atomic mass is 79.9. The van der Waals surface area contributed by atoms with Gasteiger partial charge in [-0.3, -0.25) is 9.59 Å². The molecule has 168 valence electrons. The molecular weight excluding hydrogens is 496 g/mol. The summed E-state index contributed by atoms with van der Waals surface area (Å²) in [5, 5.41) is 0. The number of esters is 1. The Morgan fingerprint density at radius 2 is 2.06 bits per heavy atom. The van der Waals surface area contributed by atoms with Crippen molar-refractivity contribution in [3.8, 4) is 11.5 Å². The molecule has 9 heteroatoms. The maximum atomic E-state index is 13.6. The Labute approximate surface area is 198 Å². The SMILES string of the molecule is CCOC(=O)C1CCCN(C(=O)c2cc3sc(Br)cc3n2Cc2ccc3c(c2)OCO3)C1. The molecule has 5 rings (SSSR count). The van der Waals surface area contributed by atoms with Gasteiger partial charge in [0.1, 0.15) is 5.69 Å². The number of ether oxygens (including phenoxy) is 3. The van der Waals surface area contributed by atoms with E-state index in [4.69, 9.17) is 14.2 Å². The summed E-state index contributed by atoms with van der Waals surface area (Å²) in [4.78, 5) is 27.6. The van der Waals surface area contributed by atoms with Gasteiger partial charge in [0, 0.05) is 19.6 Å². The first-order valence-electron chi connectivity index (χ1n) is 10.7. The zero-order chi connectivity index (χ0) is 22.2. The number of rotatable bonds is 5. The Kier molecular flexibility index (Phi) is 5.86. The highest BCUT2D eigenvalue weighted by Crippen LogP contribution is 2.36. The largest absolute Gasteiger partial charge is 0.466 e. The van der Waals surface area contributed by atoms with Crippen molar-refractivity contribution < 1.29 is 23.8 Å². The number of carbonyl (C=O) groups is 2. The monoisotopic (exact) mass is 518 g/mol. The third-order valence-corrected chi connectivity index (χ3v) is 7.46. The smallest absolute Gasteiger partial charge is 0.310 e. The molecule has 1 amide bonds. The normalized spacial score (nSPS) is 17.7. The first-order valence-corrected chi connectivity index (χ1v) is 12.3. The van der Waals surface area contributed by atoms with E-state index in [2.05, 4.69) is 15.9 Å². The minimum absolute atomic E-state index is 0.0562. The van der Waals surface area contributed by atoms with Gasteiger partial charge in [0.15, 0.2) is 11.5 Å². The number of nitrogens with zero attached hydrogens (tertiary/aromatic N) is 2. The van der Waals surface area contributed by atoms with Crippen molar-refractivity contribution >= 4 is 49.4 Å². The zero-order valence-corrected chi connectivity index (χ0v) is 20.0. The molecule has 2 aliphatic heterocycles. The molecule has 2 aromatic heterocycles. The lowest BCUT2D eigenvalue weighted by molar-refractivity contribution is -0.149. The molecule has 1 aromatic carbocycles. The van der Waals surface area contributed by atoms with Crippen LogP contribution in [0.1, 0.15) is 35.8 Å². The highest BCUT2D eigenvalue weighted by molar-refractivity contribution is 9.11. The van der Waals surface area contributed by atoms with Crippen LogP contribution in [0.4, 0.5) is 0 Å². The fraction of sp³-hybridized carbons (Fsp3) is 0.391. The van der Waals surface area contributed by atoms with Gasteiger partial charge < -0.3 is 23.7 Å². The maximum absolute atomic E-state index is 13.6. The highest BCUT2D eigenvalue weighted by Gasteiger charge is 2.31. The Morgan fingerprint density at radius 3 is 2.91 bits per heavy atom. The molecule has 7 nitrogen and oxygen atoms in total. The molecule has 32 heavy (non-hydrogen) atoms. The van der Waals surface area contributed by atoms with Crippen LogP contribution >= 0.6 is 27.3 Å². The average Bonchev–Trinajstić information content (AvgIpc) is 3.48. The number of halogens is 1. The number of carbonyl (C=O) groups excluding carboxylic acids is 2. The van der Waals surface area contributed by atoms with Crippen molar-refractivity contribution in [2.45, 2.75) is 26.3 Å². The fourth-order valence-electron chi connectivity index (χ4n) is 4.36.